The van der Waals surface area contributed by atoms with Gasteiger partial charge in [-0.05, 0) is 57.4 Å². The van der Waals surface area contributed by atoms with E-state index in [0.717, 1.165) is 34.3 Å². The van der Waals surface area contributed by atoms with E-state index in [9.17, 15) is 9.59 Å². The summed E-state index contributed by atoms with van der Waals surface area (Å²) >= 11 is 7.75. The molecule has 6 heteroatoms. The third kappa shape index (κ3) is 4.91. The molecule has 0 saturated carbocycles. The Morgan fingerprint density at radius 2 is 1.47 bits per heavy atom. The van der Waals surface area contributed by atoms with E-state index in [1.807, 2.05) is 48.5 Å². The molecule has 0 heterocycles. The molecule has 174 valence electrons. The van der Waals surface area contributed by atoms with Crippen LogP contribution in [0.3, 0.4) is 0 Å². The average Bonchev–Trinajstić information content (AvgIpc) is 2.82. The molecule has 0 amide bonds. The van der Waals surface area contributed by atoms with Crippen LogP contribution < -0.4 is 9.47 Å². The second kappa shape index (κ2) is 10.1. The van der Waals surface area contributed by atoms with Gasteiger partial charge in [0.25, 0.3) is 0 Å². The van der Waals surface area contributed by atoms with Crippen molar-refractivity contribution in [2.24, 2.45) is 0 Å². The van der Waals surface area contributed by atoms with Crippen LogP contribution in [0.25, 0.3) is 10.8 Å². The lowest BCUT2D eigenvalue weighted by Crippen LogP contribution is -2.18. The van der Waals surface area contributed by atoms with E-state index in [2.05, 4.69) is 13.2 Å². The smallest absolute Gasteiger partial charge is 0.338 e. The van der Waals surface area contributed by atoms with Crippen LogP contribution >= 0.6 is 23.4 Å². The molecule has 34 heavy (non-hydrogen) atoms. The van der Waals surface area contributed by atoms with Crippen LogP contribution in [-0.2, 0) is 16.0 Å². The lowest BCUT2D eigenvalue weighted by atomic mass is 9.86. The summed E-state index contributed by atoms with van der Waals surface area (Å²) in [7, 11) is 0. The first-order valence-corrected chi connectivity index (χ1v) is 12.3. The van der Waals surface area contributed by atoms with Crippen LogP contribution in [0.15, 0.2) is 77.7 Å². The largest absolute Gasteiger partial charge is 0.422 e. The predicted molar refractivity (Wildman–Crippen MR) is 138 cm³/mol. The van der Waals surface area contributed by atoms with E-state index in [4.69, 9.17) is 21.1 Å². The zero-order valence-electron chi connectivity index (χ0n) is 19.2. The van der Waals surface area contributed by atoms with Crippen molar-refractivity contribution in [3.05, 3.63) is 89.0 Å². The number of benzene rings is 3. The van der Waals surface area contributed by atoms with Gasteiger partial charge in [-0.25, -0.2) is 9.59 Å². The number of halogens is 1. The summed E-state index contributed by atoms with van der Waals surface area (Å²) in [6, 6.07) is 15.2. The van der Waals surface area contributed by atoms with Gasteiger partial charge < -0.3 is 9.47 Å². The van der Waals surface area contributed by atoms with Crippen LogP contribution in [0.5, 0.6) is 11.5 Å². The quantitative estimate of drug-likeness (QED) is 0.201. The standard InChI is InChI=1S/C28H25ClO4S/c1-16(2)27(30)32-25-20-8-5-6-9-21(20)26(33-28(31)17(3)4)24-22(25)10-7-11-23(24)34-19-14-12-18(29)13-15-19/h5-6,8-9,12-15,23H,1,3,7,10-11H2,2,4H3. The van der Waals surface area contributed by atoms with Gasteiger partial charge in [0, 0.05) is 48.2 Å². The van der Waals surface area contributed by atoms with E-state index in [0.29, 0.717) is 39.5 Å². The van der Waals surface area contributed by atoms with Gasteiger partial charge in [-0.3, -0.25) is 0 Å². The molecule has 0 aromatic heterocycles. The van der Waals surface area contributed by atoms with Gasteiger partial charge in [0.05, 0.1) is 0 Å². The fourth-order valence-corrected chi connectivity index (χ4v) is 5.42. The minimum atomic E-state index is -0.486. The first-order chi connectivity index (χ1) is 16.3. The summed E-state index contributed by atoms with van der Waals surface area (Å²) in [5, 5.41) is 2.09. The molecule has 3 aromatic rings. The molecule has 0 fully saturated rings. The van der Waals surface area contributed by atoms with Crippen LogP contribution in [-0.4, -0.2) is 11.9 Å². The molecule has 0 bridgehead atoms. The van der Waals surface area contributed by atoms with Crippen molar-refractivity contribution in [2.75, 3.05) is 0 Å². The molecule has 1 unspecified atom stereocenters. The number of carbonyl (C=O) groups excluding carboxylic acids is 2. The fourth-order valence-electron chi connectivity index (χ4n) is 4.02. The van der Waals surface area contributed by atoms with Crippen molar-refractivity contribution in [2.45, 2.75) is 43.3 Å². The van der Waals surface area contributed by atoms with Gasteiger partial charge in [-0.1, -0.05) is 49.0 Å². The van der Waals surface area contributed by atoms with Gasteiger partial charge in [-0.2, -0.15) is 0 Å². The van der Waals surface area contributed by atoms with Crippen molar-refractivity contribution in [3.63, 3.8) is 0 Å². The Bertz CT molecular complexity index is 1310. The molecule has 0 saturated heterocycles. The molecule has 4 rings (SSSR count). The lowest BCUT2D eigenvalue weighted by Gasteiger charge is -2.30. The summed E-state index contributed by atoms with van der Waals surface area (Å²) in [5.74, 6) is 0.0429. The highest BCUT2D eigenvalue weighted by atomic mass is 35.5. The Labute approximate surface area is 208 Å². The van der Waals surface area contributed by atoms with Crippen molar-refractivity contribution < 1.29 is 19.1 Å². The second-order valence-electron chi connectivity index (χ2n) is 8.39. The maximum Gasteiger partial charge on any atom is 0.338 e. The molecule has 3 aromatic carbocycles. The highest BCUT2D eigenvalue weighted by Crippen LogP contribution is 2.53. The number of hydrogen-bond donors (Lipinski definition) is 0. The second-order valence-corrected chi connectivity index (χ2v) is 10.1. The first-order valence-electron chi connectivity index (χ1n) is 11.0. The van der Waals surface area contributed by atoms with Crippen molar-refractivity contribution in [3.8, 4) is 11.5 Å². The zero-order valence-corrected chi connectivity index (χ0v) is 20.7. The van der Waals surface area contributed by atoms with Gasteiger partial charge in [0.15, 0.2) is 0 Å². The van der Waals surface area contributed by atoms with Gasteiger partial charge in [0.2, 0.25) is 0 Å². The Morgan fingerprint density at radius 3 is 2.06 bits per heavy atom. The number of esters is 2. The van der Waals surface area contributed by atoms with E-state index < -0.39 is 11.9 Å². The van der Waals surface area contributed by atoms with E-state index in [1.165, 1.54) is 0 Å². The normalized spacial score (nSPS) is 14.9. The number of carbonyl (C=O) groups is 2. The molecule has 1 atom stereocenters. The third-order valence-corrected chi connectivity index (χ3v) is 7.21. The monoisotopic (exact) mass is 492 g/mol. The molecular formula is C28H25ClO4S. The van der Waals surface area contributed by atoms with Crippen molar-refractivity contribution in [1.82, 2.24) is 0 Å². The van der Waals surface area contributed by atoms with Crippen LogP contribution in [0.4, 0.5) is 0 Å². The Morgan fingerprint density at radius 1 is 0.912 bits per heavy atom. The van der Waals surface area contributed by atoms with Crippen LogP contribution in [0.2, 0.25) is 5.02 Å². The average molecular weight is 493 g/mol. The maximum atomic E-state index is 12.7. The fraction of sp³-hybridized carbons (Fsp3) is 0.214. The molecule has 0 spiro atoms. The number of rotatable bonds is 6. The predicted octanol–water partition coefficient (Wildman–Crippen LogP) is 7.63. The van der Waals surface area contributed by atoms with Gasteiger partial charge in [0.1, 0.15) is 11.5 Å². The SMILES string of the molecule is C=C(C)C(=O)Oc1c2c(c(OC(=O)C(=C)C)c3ccccc13)C(Sc1ccc(Cl)cc1)CCC2. The highest BCUT2D eigenvalue weighted by molar-refractivity contribution is 7.99. The summed E-state index contributed by atoms with van der Waals surface area (Å²) in [4.78, 5) is 26.3. The summed E-state index contributed by atoms with van der Waals surface area (Å²) in [6.07, 6.45) is 2.49. The number of ether oxygens (including phenoxy) is 2. The molecule has 4 nitrogen and oxygen atoms in total. The Kier molecular flexibility index (Phi) is 7.15. The molecule has 1 aliphatic carbocycles. The summed E-state index contributed by atoms with van der Waals surface area (Å²) in [5.41, 5.74) is 2.39. The van der Waals surface area contributed by atoms with Gasteiger partial charge in [-0.15, -0.1) is 11.8 Å². The molecule has 0 N–H and O–H groups in total. The molecule has 0 aliphatic heterocycles. The van der Waals surface area contributed by atoms with Crippen molar-refractivity contribution in [1.29, 1.82) is 0 Å². The highest BCUT2D eigenvalue weighted by Gasteiger charge is 2.32. The lowest BCUT2D eigenvalue weighted by molar-refractivity contribution is -0.131. The van der Waals surface area contributed by atoms with Gasteiger partial charge >= 0.3 is 11.9 Å². The topological polar surface area (TPSA) is 52.6 Å². The van der Waals surface area contributed by atoms with Crippen LogP contribution in [0.1, 0.15) is 43.1 Å². The van der Waals surface area contributed by atoms with E-state index in [1.54, 1.807) is 25.6 Å². The number of fused-ring (bicyclic) bond motifs is 2. The van der Waals surface area contributed by atoms with Crippen LogP contribution in [0, 0.1) is 0 Å². The maximum absolute atomic E-state index is 12.7. The minimum Gasteiger partial charge on any atom is -0.422 e. The summed E-state index contributed by atoms with van der Waals surface area (Å²) in [6.45, 7) is 10.7. The van der Waals surface area contributed by atoms with E-state index >= 15 is 0 Å². The minimum absolute atomic E-state index is 0.00951. The van der Waals surface area contributed by atoms with Crippen molar-refractivity contribution >= 4 is 46.1 Å². The molecular weight excluding hydrogens is 468 g/mol. The number of thioether (sulfide) groups is 1. The Balaban J connectivity index is 1.95. The summed E-state index contributed by atoms with van der Waals surface area (Å²) < 4.78 is 11.8. The van der Waals surface area contributed by atoms with E-state index in [-0.39, 0.29) is 5.25 Å². The Hall–Kier alpha value is -3.02. The third-order valence-electron chi connectivity index (χ3n) is 5.65. The molecule has 1 aliphatic rings. The first kappa shape index (κ1) is 24.1. The molecule has 0 radical (unpaired) electrons. The number of hydrogen-bond acceptors (Lipinski definition) is 5. The zero-order chi connectivity index (χ0) is 24.4.